The quantitative estimate of drug-likeness (QED) is 0.660. The molecule has 2 rings (SSSR count). The van der Waals surface area contributed by atoms with Gasteiger partial charge in [-0.1, -0.05) is 0 Å². The number of nitrogens with one attached hydrogen (secondary N) is 1. The van der Waals surface area contributed by atoms with Gasteiger partial charge in [-0.3, -0.25) is 9.48 Å². The van der Waals surface area contributed by atoms with Gasteiger partial charge < -0.3 is 15.4 Å². The van der Waals surface area contributed by atoms with Crippen molar-refractivity contribution >= 4 is 33.3 Å². The van der Waals surface area contributed by atoms with Crippen LogP contribution < -0.4 is 5.32 Å². The third-order valence-corrected chi connectivity index (χ3v) is 4.02. The highest BCUT2D eigenvalue weighted by Gasteiger charge is 2.24. The fraction of sp³-hybridized carbons (Fsp3) is 0.364. The molecule has 0 aliphatic rings. The van der Waals surface area contributed by atoms with Crippen LogP contribution in [0.3, 0.4) is 0 Å². The molecule has 2 aromatic rings. The van der Waals surface area contributed by atoms with Crippen molar-refractivity contribution in [3.8, 4) is 0 Å². The summed E-state index contributed by atoms with van der Waals surface area (Å²) in [4.78, 5) is 22.2. The highest BCUT2D eigenvalue weighted by Crippen LogP contribution is 2.26. The van der Waals surface area contributed by atoms with Gasteiger partial charge in [0.2, 0.25) is 5.91 Å². The Labute approximate surface area is 128 Å². The predicted octanol–water partition coefficient (Wildman–Crippen LogP) is 1.54. The number of halogens is 1. The summed E-state index contributed by atoms with van der Waals surface area (Å²) in [5, 5.41) is 21.3. The zero-order valence-corrected chi connectivity index (χ0v) is 13.2. The van der Waals surface area contributed by atoms with E-state index in [1.807, 2.05) is 6.92 Å². The zero-order valence-electron chi connectivity index (χ0n) is 11.6. The van der Waals surface area contributed by atoms with Crippen molar-refractivity contribution in [3.05, 3.63) is 32.2 Å². The zero-order chi connectivity index (χ0) is 15.7. The minimum atomic E-state index is -0.600. The molecule has 0 atom stereocenters. The maximum absolute atomic E-state index is 12.0. The molecule has 1 N–H and O–H groups in total. The number of rotatable bonds is 4. The Kier molecular flexibility index (Phi) is 4.07. The molecule has 9 nitrogen and oxygen atoms in total. The lowest BCUT2D eigenvalue weighted by molar-refractivity contribution is -0.390. The van der Waals surface area contributed by atoms with Crippen LogP contribution in [0.1, 0.15) is 11.4 Å². The standard InChI is InChI=1S/C11H13BrN6O3/c1-6-8(4-13-16(6)3)14-9(19)5-17-7(2)10(12)11(15-17)18(20)21/h4H,5H2,1-3H3,(H,14,19). The van der Waals surface area contributed by atoms with Crippen LogP contribution in [0, 0.1) is 24.0 Å². The van der Waals surface area contributed by atoms with Crippen molar-refractivity contribution in [2.24, 2.45) is 7.05 Å². The van der Waals surface area contributed by atoms with E-state index >= 15 is 0 Å². The number of anilines is 1. The van der Waals surface area contributed by atoms with Crippen LogP contribution in [-0.4, -0.2) is 30.4 Å². The van der Waals surface area contributed by atoms with Crippen molar-refractivity contribution in [2.75, 3.05) is 5.32 Å². The number of carbonyl (C=O) groups excluding carboxylic acids is 1. The maximum Gasteiger partial charge on any atom is 0.404 e. The van der Waals surface area contributed by atoms with Gasteiger partial charge in [-0.25, -0.2) is 0 Å². The van der Waals surface area contributed by atoms with E-state index in [-0.39, 0.29) is 22.7 Å². The van der Waals surface area contributed by atoms with Crippen LogP contribution in [0.4, 0.5) is 11.5 Å². The van der Waals surface area contributed by atoms with E-state index in [9.17, 15) is 14.9 Å². The van der Waals surface area contributed by atoms with E-state index in [1.165, 1.54) is 4.68 Å². The molecular weight excluding hydrogens is 344 g/mol. The molecule has 0 aromatic carbocycles. The minimum absolute atomic E-state index is 0.118. The summed E-state index contributed by atoms with van der Waals surface area (Å²) in [6.07, 6.45) is 1.54. The number of amides is 1. The van der Waals surface area contributed by atoms with Gasteiger partial charge in [-0.15, -0.1) is 0 Å². The Morgan fingerprint density at radius 3 is 2.62 bits per heavy atom. The molecule has 2 aromatic heterocycles. The number of aromatic nitrogens is 4. The van der Waals surface area contributed by atoms with Gasteiger partial charge >= 0.3 is 5.82 Å². The monoisotopic (exact) mass is 356 g/mol. The van der Waals surface area contributed by atoms with Crippen molar-refractivity contribution in [1.82, 2.24) is 19.6 Å². The second kappa shape index (κ2) is 5.64. The van der Waals surface area contributed by atoms with Gasteiger partial charge in [0, 0.05) is 7.05 Å². The normalized spacial score (nSPS) is 10.7. The summed E-state index contributed by atoms with van der Waals surface area (Å²) in [5.41, 5.74) is 1.92. The smallest absolute Gasteiger partial charge is 0.358 e. The number of hydrogen-bond donors (Lipinski definition) is 1. The second-order valence-electron chi connectivity index (χ2n) is 4.45. The second-order valence-corrected chi connectivity index (χ2v) is 5.25. The largest absolute Gasteiger partial charge is 0.404 e. The number of carbonyl (C=O) groups is 1. The fourth-order valence-corrected chi connectivity index (χ4v) is 2.15. The Balaban J connectivity index is 2.15. The van der Waals surface area contributed by atoms with Crippen molar-refractivity contribution < 1.29 is 9.72 Å². The molecule has 0 spiro atoms. The summed E-state index contributed by atoms with van der Waals surface area (Å²) in [6, 6.07) is 0. The summed E-state index contributed by atoms with van der Waals surface area (Å²) in [7, 11) is 1.77. The molecule has 0 bridgehead atoms. The van der Waals surface area contributed by atoms with E-state index in [0.29, 0.717) is 11.4 Å². The molecule has 10 heteroatoms. The van der Waals surface area contributed by atoms with Crippen LogP contribution in [0.15, 0.2) is 10.7 Å². The lowest BCUT2D eigenvalue weighted by Crippen LogP contribution is -2.20. The molecule has 0 aliphatic carbocycles. The highest BCUT2D eigenvalue weighted by atomic mass is 79.9. The summed E-state index contributed by atoms with van der Waals surface area (Å²) >= 11 is 3.10. The van der Waals surface area contributed by atoms with Crippen LogP contribution >= 0.6 is 15.9 Å². The van der Waals surface area contributed by atoms with Gasteiger partial charge in [0.15, 0.2) is 0 Å². The first kappa shape index (κ1) is 15.2. The van der Waals surface area contributed by atoms with Crippen LogP contribution in [0.2, 0.25) is 0 Å². The Hall–Kier alpha value is -2.23. The van der Waals surface area contributed by atoms with Gasteiger partial charge in [0.05, 0.1) is 28.4 Å². The molecule has 0 saturated carbocycles. The SMILES string of the molecule is Cc1c(NC(=O)Cn2nc([N+](=O)[O-])c(Br)c2C)cnn1C. The van der Waals surface area contributed by atoms with Gasteiger partial charge in [-0.05, 0) is 34.7 Å². The Morgan fingerprint density at radius 2 is 2.14 bits per heavy atom. The summed E-state index contributed by atoms with van der Waals surface area (Å²) in [5.74, 6) is -0.642. The van der Waals surface area contributed by atoms with Crippen LogP contribution in [0.5, 0.6) is 0 Å². The molecule has 0 radical (unpaired) electrons. The molecule has 0 aliphatic heterocycles. The molecule has 0 unspecified atom stereocenters. The third-order valence-electron chi connectivity index (χ3n) is 3.09. The Bertz CT molecular complexity index is 720. The first-order chi connectivity index (χ1) is 9.81. The van der Waals surface area contributed by atoms with Crippen LogP contribution in [0.25, 0.3) is 0 Å². The number of aryl methyl sites for hydroxylation is 1. The lowest BCUT2D eigenvalue weighted by Gasteiger charge is -2.04. The topological polar surface area (TPSA) is 108 Å². The van der Waals surface area contributed by atoms with Gasteiger partial charge in [-0.2, -0.15) is 9.78 Å². The van der Waals surface area contributed by atoms with Crippen molar-refractivity contribution in [3.63, 3.8) is 0 Å². The molecule has 21 heavy (non-hydrogen) atoms. The number of nitro groups is 1. The van der Waals surface area contributed by atoms with E-state index < -0.39 is 4.92 Å². The lowest BCUT2D eigenvalue weighted by atomic mass is 10.4. The predicted molar refractivity (Wildman–Crippen MR) is 77.9 cm³/mol. The van der Waals surface area contributed by atoms with E-state index in [0.717, 1.165) is 5.69 Å². The molecule has 1 amide bonds. The van der Waals surface area contributed by atoms with Crippen molar-refractivity contribution in [2.45, 2.75) is 20.4 Å². The van der Waals surface area contributed by atoms with E-state index in [1.54, 1.807) is 24.9 Å². The first-order valence-electron chi connectivity index (χ1n) is 5.97. The molecular formula is C11H13BrN6O3. The minimum Gasteiger partial charge on any atom is -0.358 e. The van der Waals surface area contributed by atoms with Gasteiger partial charge in [0.25, 0.3) is 0 Å². The first-order valence-corrected chi connectivity index (χ1v) is 6.76. The summed E-state index contributed by atoms with van der Waals surface area (Å²) in [6.45, 7) is 3.35. The van der Waals surface area contributed by atoms with Crippen LogP contribution in [-0.2, 0) is 18.4 Å². The number of nitrogens with zero attached hydrogens (tertiary/aromatic N) is 5. The fourth-order valence-electron chi connectivity index (χ4n) is 1.73. The van der Waals surface area contributed by atoms with Gasteiger partial charge in [0.1, 0.15) is 11.0 Å². The average molecular weight is 357 g/mol. The Morgan fingerprint density at radius 1 is 1.48 bits per heavy atom. The molecule has 0 saturated heterocycles. The summed E-state index contributed by atoms with van der Waals surface area (Å²) < 4.78 is 3.19. The number of hydrogen-bond acceptors (Lipinski definition) is 5. The van der Waals surface area contributed by atoms with Crippen molar-refractivity contribution in [1.29, 1.82) is 0 Å². The molecule has 2 heterocycles. The average Bonchev–Trinajstić information content (AvgIpc) is 2.87. The van der Waals surface area contributed by atoms with E-state index in [2.05, 4.69) is 31.4 Å². The highest BCUT2D eigenvalue weighted by molar-refractivity contribution is 9.10. The molecule has 0 fully saturated rings. The third kappa shape index (κ3) is 2.94. The van der Waals surface area contributed by atoms with E-state index in [4.69, 9.17) is 0 Å². The maximum atomic E-state index is 12.0. The molecule has 112 valence electrons.